The molecule has 228 valence electrons. The second-order valence-corrected chi connectivity index (χ2v) is 11.6. The number of ether oxygens (including phenoxy) is 1. The molecule has 42 heavy (non-hydrogen) atoms. The van der Waals surface area contributed by atoms with Crippen LogP contribution in [0.5, 0.6) is 16.7 Å². The molecule has 0 aliphatic carbocycles. The van der Waals surface area contributed by atoms with Crippen LogP contribution >= 0.6 is 47.1 Å². The Morgan fingerprint density at radius 3 is 2.29 bits per heavy atom. The van der Waals surface area contributed by atoms with Gasteiger partial charge in [-0.3, -0.25) is 4.90 Å². The average molecular weight is 652 g/mol. The molecule has 10 heteroatoms. The smallest absolute Gasteiger partial charge is 0.299 e. The van der Waals surface area contributed by atoms with Gasteiger partial charge in [-0.15, -0.1) is 12.4 Å². The minimum atomic E-state index is 0. The van der Waals surface area contributed by atoms with Gasteiger partial charge < -0.3 is 14.7 Å². The fourth-order valence-electron chi connectivity index (χ4n) is 4.07. The lowest BCUT2D eigenvalue weighted by Gasteiger charge is -2.25. The maximum Gasteiger partial charge on any atom is 0.299 e. The second-order valence-electron chi connectivity index (χ2n) is 10.1. The Morgan fingerprint density at radius 2 is 1.64 bits per heavy atom. The van der Waals surface area contributed by atoms with E-state index in [0.717, 1.165) is 53.9 Å². The number of hydrogen-bond acceptors (Lipinski definition) is 7. The first-order valence-corrected chi connectivity index (χ1v) is 15.3. The monoisotopic (exact) mass is 650 g/mol. The number of aromatic hydroxyl groups is 1. The van der Waals surface area contributed by atoms with Gasteiger partial charge in [0.05, 0.1) is 0 Å². The SMILES string of the molecule is CCN(C)C(C)c1cc(C)c(Oc2nc(-c3ccccc3)ns2)cc1Cl.CCN(C)CCc1cc(C)c(O)cc1Cl.Cl. The molecule has 1 aromatic heterocycles. The Morgan fingerprint density at radius 1 is 0.952 bits per heavy atom. The molecule has 1 heterocycles. The van der Waals surface area contributed by atoms with Gasteiger partial charge in [-0.05, 0) is 88.8 Å². The van der Waals surface area contributed by atoms with Gasteiger partial charge in [-0.2, -0.15) is 9.36 Å². The van der Waals surface area contributed by atoms with Crippen molar-refractivity contribution < 1.29 is 9.84 Å². The third kappa shape index (κ3) is 9.83. The molecule has 0 spiro atoms. The third-order valence-electron chi connectivity index (χ3n) is 7.21. The average Bonchev–Trinajstić information content (AvgIpc) is 3.44. The van der Waals surface area contributed by atoms with Crippen LogP contribution in [-0.2, 0) is 6.42 Å². The van der Waals surface area contributed by atoms with Crippen molar-refractivity contribution in [2.24, 2.45) is 0 Å². The van der Waals surface area contributed by atoms with E-state index >= 15 is 0 Å². The van der Waals surface area contributed by atoms with Crippen molar-refractivity contribution in [2.45, 2.75) is 47.1 Å². The Balaban J connectivity index is 0.000000330. The molecular weight excluding hydrogens is 611 g/mol. The molecule has 0 amide bonds. The number of halogens is 3. The highest BCUT2D eigenvalue weighted by atomic mass is 35.5. The Kier molecular flexibility index (Phi) is 14.5. The number of aromatic nitrogens is 2. The first-order valence-electron chi connectivity index (χ1n) is 13.8. The van der Waals surface area contributed by atoms with Crippen LogP contribution in [0.4, 0.5) is 0 Å². The van der Waals surface area contributed by atoms with Crippen molar-refractivity contribution in [3.63, 3.8) is 0 Å². The van der Waals surface area contributed by atoms with Crippen LogP contribution in [0.2, 0.25) is 10.0 Å². The predicted octanol–water partition coefficient (Wildman–Crippen LogP) is 9.24. The molecule has 1 atom stereocenters. The Hall–Kier alpha value is -2.39. The van der Waals surface area contributed by atoms with E-state index < -0.39 is 0 Å². The van der Waals surface area contributed by atoms with Crippen LogP contribution in [0.1, 0.15) is 49.1 Å². The van der Waals surface area contributed by atoms with Gasteiger partial charge in [0.15, 0.2) is 5.82 Å². The van der Waals surface area contributed by atoms with E-state index in [1.54, 1.807) is 6.07 Å². The number of aryl methyl sites for hydroxylation is 2. The van der Waals surface area contributed by atoms with Crippen LogP contribution in [0.25, 0.3) is 11.4 Å². The first kappa shape index (κ1) is 35.8. The molecule has 1 N–H and O–H groups in total. The summed E-state index contributed by atoms with van der Waals surface area (Å²) in [5.74, 6) is 1.65. The highest BCUT2D eigenvalue weighted by molar-refractivity contribution is 7.07. The summed E-state index contributed by atoms with van der Waals surface area (Å²) in [5.41, 5.74) is 5.08. The van der Waals surface area contributed by atoms with Crippen molar-refractivity contribution in [3.8, 4) is 28.1 Å². The zero-order chi connectivity index (χ0) is 30.1. The van der Waals surface area contributed by atoms with E-state index in [0.29, 0.717) is 26.8 Å². The molecule has 3 aromatic carbocycles. The zero-order valence-electron chi connectivity index (χ0n) is 25.3. The number of phenols is 1. The summed E-state index contributed by atoms with van der Waals surface area (Å²) in [4.78, 5) is 8.96. The Bertz CT molecular complexity index is 1420. The van der Waals surface area contributed by atoms with Crippen LogP contribution in [0.15, 0.2) is 54.6 Å². The Labute approximate surface area is 270 Å². The van der Waals surface area contributed by atoms with Crippen molar-refractivity contribution in [1.29, 1.82) is 0 Å². The van der Waals surface area contributed by atoms with Gasteiger partial charge in [-0.1, -0.05) is 73.4 Å². The molecule has 0 radical (unpaired) electrons. The number of benzene rings is 3. The summed E-state index contributed by atoms with van der Waals surface area (Å²) in [6, 6.07) is 17.6. The second kappa shape index (κ2) is 17.0. The van der Waals surface area contributed by atoms with Gasteiger partial charge in [-0.25, -0.2) is 0 Å². The molecule has 1 unspecified atom stereocenters. The minimum absolute atomic E-state index is 0. The first-order chi connectivity index (χ1) is 19.5. The molecule has 0 saturated carbocycles. The molecule has 0 aliphatic rings. The summed E-state index contributed by atoms with van der Waals surface area (Å²) in [6.45, 7) is 13.3. The lowest BCUT2D eigenvalue weighted by atomic mass is 10.0. The predicted molar refractivity (Wildman–Crippen MR) is 180 cm³/mol. The van der Waals surface area contributed by atoms with E-state index in [4.69, 9.17) is 27.9 Å². The lowest BCUT2D eigenvalue weighted by Crippen LogP contribution is -2.22. The van der Waals surface area contributed by atoms with E-state index in [2.05, 4.69) is 60.1 Å². The summed E-state index contributed by atoms with van der Waals surface area (Å²) in [5, 5.41) is 11.3. The van der Waals surface area contributed by atoms with Gasteiger partial charge in [0, 0.05) is 45.8 Å². The number of phenolic OH excluding ortho intramolecular Hbond substituents is 1. The summed E-state index contributed by atoms with van der Waals surface area (Å²) >= 11 is 13.8. The minimum Gasteiger partial charge on any atom is -0.508 e. The van der Waals surface area contributed by atoms with E-state index in [9.17, 15) is 5.11 Å². The largest absolute Gasteiger partial charge is 0.508 e. The lowest BCUT2D eigenvalue weighted by molar-refractivity contribution is 0.275. The summed E-state index contributed by atoms with van der Waals surface area (Å²) in [7, 11) is 4.17. The number of nitrogens with zero attached hydrogens (tertiary/aromatic N) is 4. The molecule has 4 rings (SSSR count). The van der Waals surface area contributed by atoms with Crippen molar-refractivity contribution in [2.75, 3.05) is 33.7 Å². The third-order valence-corrected chi connectivity index (χ3v) is 8.48. The van der Waals surface area contributed by atoms with Crippen molar-refractivity contribution in [3.05, 3.63) is 86.9 Å². The van der Waals surface area contributed by atoms with Crippen LogP contribution in [0.3, 0.4) is 0 Å². The van der Waals surface area contributed by atoms with Crippen molar-refractivity contribution >= 4 is 47.1 Å². The quantitative estimate of drug-likeness (QED) is 0.184. The van der Waals surface area contributed by atoms with E-state index in [-0.39, 0.29) is 24.2 Å². The normalized spacial score (nSPS) is 11.6. The van der Waals surface area contributed by atoms with Gasteiger partial charge >= 0.3 is 0 Å². The molecule has 4 aromatic rings. The standard InChI is InChI=1S/C20H22ClN3OS.C12H18ClNO.ClH/c1-5-24(4)14(3)16-11-13(2)18(12-17(16)21)25-20-22-19(23-26-20)15-9-7-6-8-10-15;1-4-14(3)6-5-10-7-9(2)12(15)8-11(10)13;/h6-12,14H,5H2,1-4H3;7-8,15H,4-6H2,1-3H3;1H. The number of rotatable bonds is 10. The summed E-state index contributed by atoms with van der Waals surface area (Å²) < 4.78 is 10.3. The van der Waals surface area contributed by atoms with E-state index in [1.165, 1.54) is 11.5 Å². The van der Waals surface area contributed by atoms with Crippen LogP contribution in [-0.4, -0.2) is 58.0 Å². The highest BCUT2D eigenvalue weighted by Gasteiger charge is 2.17. The molecule has 0 aliphatic heterocycles. The molecule has 0 fully saturated rings. The summed E-state index contributed by atoms with van der Waals surface area (Å²) in [6.07, 6.45) is 0.921. The highest BCUT2D eigenvalue weighted by Crippen LogP contribution is 2.36. The fraction of sp³-hybridized carbons (Fsp3) is 0.375. The number of likely N-dealkylation sites (N-methyl/N-ethyl adjacent to an activating group) is 1. The van der Waals surface area contributed by atoms with E-state index in [1.807, 2.05) is 56.3 Å². The van der Waals surface area contributed by atoms with Crippen LogP contribution in [0, 0.1) is 13.8 Å². The van der Waals surface area contributed by atoms with Gasteiger partial charge in [0.2, 0.25) is 0 Å². The fourth-order valence-corrected chi connectivity index (χ4v) is 5.20. The topological polar surface area (TPSA) is 61.7 Å². The maximum atomic E-state index is 9.45. The zero-order valence-corrected chi connectivity index (χ0v) is 28.5. The van der Waals surface area contributed by atoms with Gasteiger partial charge in [0.1, 0.15) is 11.5 Å². The van der Waals surface area contributed by atoms with Crippen LogP contribution < -0.4 is 4.74 Å². The van der Waals surface area contributed by atoms with Crippen molar-refractivity contribution in [1.82, 2.24) is 19.2 Å². The number of hydrogen-bond donors (Lipinski definition) is 1. The molecule has 0 bridgehead atoms. The molecule has 6 nitrogen and oxygen atoms in total. The molecule has 0 saturated heterocycles. The van der Waals surface area contributed by atoms with Gasteiger partial charge in [0.25, 0.3) is 5.19 Å². The molecular formula is C32H41Cl3N4O2S. The maximum absolute atomic E-state index is 9.45.